The lowest BCUT2D eigenvalue weighted by atomic mass is 9.77. The summed E-state index contributed by atoms with van der Waals surface area (Å²) in [5.74, 6) is 1.58. The Morgan fingerprint density at radius 2 is 2.00 bits per heavy atom. The van der Waals surface area contributed by atoms with Crippen molar-refractivity contribution < 1.29 is 0 Å². The number of aromatic nitrogens is 2. The van der Waals surface area contributed by atoms with E-state index in [9.17, 15) is 0 Å². The molecule has 1 unspecified atom stereocenters. The zero-order valence-corrected chi connectivity index (χ0v) is 11.7. The van der Waals surface area contributed by atoms with Crippen LogP contribution < -0.4 is 5.73 Å². The van der Waals surface area contributed by atoms with Crippen molar-refractivity contribution in [3.05, 3.63) is 10.6 Å². The maximum Gasteiger partial charge on any atom is 0.0801 e. The van der Waals surface area contributed by atoms with E-state index in [1.54, 1.807) is 0 Å². The Morgan fingerprint density at radius 1 is 1.29 bits per heavy atom. The molecule has 1 aromatic heterocycles. The first kappa shape index (κ1) is 13.0. The largest absolute Gasteiger partial charge is 0.323 e. The van der Waals surface area contributed by atoms with Crippen LogP contribution in [0.4, 0.5) is 0 Å². The van der Waals surface area contributed by atoms with E-state index >= 15 is 0 Å². The van der Waals surface area contributed by atoms with E-state index in [0.717, 1.165) is 18.0 Å². The zero-order chi connectivity index (χ0) is 12.3. The fraction of sp³-hybridized carbons (Fsp3) is 0.846. The third kappa shape index (κ3) is 2.86. The number of hydrogen-bond acceptors (Lipinski definition) is 4. The lowest BCUT2D eigenvalue weighted by Gasteiger charge is -2.31. The van der Waals surface area contributed by atoms with Crippen molar-refractivity contribution in [3.8, 4) is 0 Å². The van der Waals surface area contributed by atoms with Gasteiger partial charge in [0.2, 0.25) is 0 Å². The summed E-state index contributed by atoms with van der Waals surface area (Å²) in [6.45, 7) is 4.42. The Kier molecular flexibility index (Phi) is 4.51. The molecule has 2 N–H and O–H groups in total. The molecule has 1 atom stereocenters. The van der Waals surface area contributed by atoms with Gasteiger partial charge in [0.25, 0.3) is 0 Å². The molecule has 0 spiro atoms. The maximum absolute atomic E-state index is 6.41. The Balaban J connectivity index is 1.99. The lowest BCUT2D eigenvalue weighted by Crippen LogP contribution is -2.26. The summed E-state index contributed by atoms with van der Waals surface area (Å²) >= 11 is 1.50. The van der Waals surface area contributed by atoms with Gasteiger partial charge in [-0.1, -0.05) is 37.6 Å². The quantitative estimate of drug-likeness (QED) is 0.895. The third-order valence-electron chi connectivity index (χ3n) is 4.20. The van der Waals surface area contributed by atoms with E-state index in [1.165, 1.54) is 48.5 Å². The number of nitrogens with two attached hydrogens (primary N) is 1. The minimum atomic E-state index is 0.169. The van der Waals surface area contributed by atoms with Crippen molar-refractivity contribution in [2.45, 2.75) is 58.4 Å². The van der Waals surface area contributed by atoms with Gasteiger partial charge in [0, 0.05) is 6.04 Å². The summed E-state index contributed by atoms with van der Waals surface area (Å²) in [7, 11) is 0. The van der Waals surface area contributed by atoms with Gasteiger partial charge in [-0.05, 0) is 42.6 Å². The molecule has 2 rings (SSSR count). The highest BCUT2D eigenvalue weighted by molar-refractivity contribution is 7.05. The number of rotatable bonds is 4. The SMILES string of the molecule is CCc1nnsc1C(N)C1CCC(CC)CC1. The molecule has 0 radical (unpaired) electrons. The summed E-state index contributed by atoms with van der Waals surface area (Å²) in [5, 5.41) is 4.17. The lowest BCUT2D eigenvalue weighted by molar-refractivity contribution is 0.241. The molecule has 3 nitrogen and oxygen atoms in total. The van der Waals surface area contributed by atoms with Gasteiger partial charge in [0.1, 0.15) is 0 Å². The van der Waals surface area contributed by atoms with Gasteiger partial charge in [-0.25, -0.2) is 0 Å². The van der Waals surface area contributed by atoms with Crippen LogP contribution in [0.25, 0.3) is 0 Å². The minimum absolute atomic E-state index is 0.169. The minimum Gasteiger partial charge on any atom is -0.323 e. The van der Waals surface area contributed by atoms with Crippen LogP contribution in [0.3, 0.4) is 0 Å². The Morgan fingerprint density at radius 3 is 2.59 bits per heavy atom. The van der Waals surface area contributed by atoms with Gasteiger partial charge in [-0.3, -0.25) is 0 Å². The van der Waals surface area contributed by atoms with Crippen LogP contribution >= 0.6 is 11.5 Å². The van der Waals surface area contributed by atoms with Crippen molar-refractivity contribution in [2.75, 3.05) is 0 Å². The highest BCUT2D eigenvalue weighted by atomic mass is 32.1. The standard InChI is InChI=1S/C13H23N3S/c1-3-9-5-7-10(8-6-9)12(14)13-11(4-2)15-16-17-13/h9-10,12H,3-8,14H2,1-2H3. The second kappa shape index (κ2) is 5.91. The number of nitrogens with zero attached hydrogens (tertiary/aromatic N) is 2. The van der Waals surface area contributed by atoms with E-state index in [2.05, 4.69) is 23.4 Å². The third-order valence-corrected chi connectivity index (χ3v) is 5.07. The predicted molar refractivity (Wildman–Crippen MR) is 72.0 cm³/mol. The first-order valence-corrected chi connectivity index (χ1v) is 7.60. The molecule has 1 aliphatic rings. The summed E-state index contributed by atoms with van der Waals surface area (Å²) in [5.41, 5.74) is 7.52. The maximum atomic E-state index is 6.41. The Labute approximate surface area is 108 Å². The van der Waals surface area contributed by atoms with Gasteiger partial charge in [-0.2, -0.15) is 0 Å². The topological polar surface area (TPSA) is 51.8 Å². The molecule has 0 aromatic carbocycles. The molecule has 0 amide bonds. The molecule has 0 aliphatic heterocycles. The highest BCUT2D eigenvalue weighted by Gasteiger charge is 2.28. The van der Waals surface area contributed by atoms with E-state index in [0.29, 0.717) is 5.92 Å². The first-order chi connectivity index (χ1) is 8.26. The second-order valence-electron chi connectivity index (χ2n) is 5.15. The molecule has 0 saturated heterocycles. The Bertz CT molecular complexity index is 342. The van der Waals surface area contributed by atoms with Gasteiger partial charge in [0.05, 0.1) is 10.6 Å². The average Bonchev–Trinajstić information content (AvgIpc) is 2.86. The molecule has 0 bridgehead atoms. The van der Waals surface area contributed by atoms with Gasteiger partial charge in [-0.15, -0.1) is 5.10 Å². The van der Waals surface area contributed by atoms with E-state index in [4.69, 9.17) is 5.73 Å². The molecule has 1 saturated carbocycles. The molecular weight excluding hydrogens is 230 g/mol. The van der Waals surface area contributed by atoms with Crippen molar-refractivity contribution in [1.82, 2.24) is 9.59 Å². The van der Waals surface area contributed by atoms with Gasteiger partial charge >= 0.3 is 0 Å². The van der Waals surface area contributed by atoms with Gasteiger partial charge < -0.3 is 5.73 Å². The average molecular weight is 253 g/mol. The smallest absolute Gasteiger partial charge is 0.0801 e. The molecule has 1 aliphatic carbocycles. The Hall–Kier alpha value is -0.480. The predicted octanol–water partition coefficient (Wildman–Crippen LogP) is 3.32. The van der Waals surface area contributed by atoms with Crippen molar-refractivity contribution in [2.24, 2.45) is 17.6 Å². The summed E-state index contributed by atoms with van der Waals surface area (Å²) < 4.78 is 4.05. The van der Waals surface area contributed by atoms with Crippen LogP contribution in [0.2, 0.25) is 0 Å². The molecular formula is C13H23N3S. The summed E-state index contributed by atoms with van der Waals surface area (Å²) in [4.78, 5) is 1.23. The van der Waals surface area contributed by atoms with Crippen molar-refractivity contribution in [3.63, 3.8) is 0 Å². The molecule has 96 valence electrons. The fourth-order valence-corrected chi connectivity index (χ4v) is 3.72. The highest BCUT2D eigenvalue weighted by Crippen LogP contribution is 2.38. The summed E-state index contributed by atoms with van der Waals surface area (Å²) in [6, 6.07) is 0.169. The number of hydrogen-bond donors (Lipinski definition) is 1. The van der Waals surface area contributed by atoms with Crippen LogP contribution in [0, 0.1) is 11.8 Å². The molecule has 1 heterocycles. The molecule has 1 aromatic rings. The fourth-order valence-electron chi connectivity index (χ4n) is 2.88. The van der Waals surface area contributed by atoms with Gasteiger partial charge in [0.15, 0.2) is 0 Å². The van der Waals surface area contributed by atoms with Crippen molar-refractivity contribution in [1.29, 1.82) is 0 Å². The van der Waals surface area contributed by atoms with E-state index in [-0.39, 0.29) is 6.04 Å². The molecule has 17 heavy (non-hydrogen) atoms. The monoisotopic (exact) mass is 253 g/mol. The summed E-state index contributed by atoms with van der Waals surface area (Å²) in [6.07, 6.45) is 7.53. The zero-order valence-electron chi connectivity index (χ0n) is 10.9. The number of aryl methyl sites for hydroxylation is 1. The molecule has 1 fully saturated rings. The first-order valence-electron chi connectivity index (χ1n) is 6.82. The van der Waals surface area contributed by atoms with Crippen molar-refractivity contribution >= 4 is 11.5 Å². The van der Waals surface area contributed by atoms with Crippen LogP contribution in [0.15, 0.2) is 0 Å². The van der Waals surface area contributed by atoms with E-state index in [1.807, 2.05) is 0 Å². The normalized spacial score (nSPS) is 27.0. The van der Waals surface area contributed by atoms with Crippen LogP contribution in [-0.2, 0) is 6.42 Å². The van der Waals surface area contributed by atoms with Crippen LogP contribution in [0.1, 0.15) is 62.6 Å². The van der Waals surface area contributed by atoms with Crippen LogP contribution in [-0.4, -0.2) is 9.59 Å². The molecule has 4 heteroatoms. The van der Waals surface area contributed by atoms with Crippen LogP contribution in [0.5, 0.6) is 0 Å². The van der Waals surface area contributed by atoms with E-state index < -0.39 is 0 Å². The second-order valence-corrected chi connectivity index (χ2v) is 5.94.